The highest BCUT2D eigenvalue weighted by Crippen LogP contribution is 2.23. The number of carbonyl (C=O) groups excluding carboxylic acids is 1. The molecule has 4 rings (SSSR count). The molecule has 1 aliphatic heterocycles. The van der Waals surface area contributed by atoms with Crippen LogP contribution in [-0.4, -0.2) is 36.7 Å². The van der Waals surface area contributed by atoms with Gasteiger partial charge in [0.05, 0.1) is 16.6 Å². The molecule has 6 nitrogen and oxygen atoms in total. The topological polar surface area (TPSA) is 79.4 Å². The van der Waals surface area contributed by atoms with Gasteiger partial charge in [-0.15, -0.1) is 0 Å². The maximum atomic E-state index is 13.1. The van der Waals surface area contributed by atoms with E-state index in [4.69, 9.17) is 0 Å². The van der Waals surface area contributed by atoms with E-state index in [2.05, 4.69) is 10.3 Å². The zero-order valence-electron chi connectivity index (χ0n) is 16.4. The summed E-state index contributed by atoms with van der Waals surface area (Å²) in [6.07, 6.45) is 3.41. The SMILES string of the molecule is O=C(NC(c1ccccc1)c1ccccn1)c1cccc(S(=O)(=O)N2CCCC2)c1. The number of amides is 1. The molecule has 30 heavy (non-hydrogen) atoms. The van der Waals surface area contributed by atoms with Crippen LogP contribution in [0.4, 0.5) is 0 Å². The molecule has 0 spiro atoms. The second-order valence-corrected chi connectivity index (χ2v) is 9.15. The Labute approximate surface area is 176 Å². The van der Waals surface area contributed by atoms with Crippen LogP contribution in [0, 0.1) is 0 Å². The van der Waals surface area contributed by atoms with Gasteiger partial charge in [0.25, 0.3) is 5.91 Å². The molecule has 1 amide bonds. The monoisotopic (exact) mass is 421 g/mol. The molecule has 7 heteroatoms. The minimum atomic E-state index is -3.59. The fourth-order valence-corrected chi connectivity index (χ4v) is 5.17. The van der Waals surface area contributed by atoms with Crippen LogP contribution in [0.5, 0.6) is 0 Å². The number of pyridine rings is 1. The molecule has 1 aromatic heterocycles. The number of nitrogens with one attached hydrogen (secondary N) is 1. The summed E-state index contributed by atoms with van der Waals surface area (Å²) in [5.74, 6) is -0.354. The molecule has 1 fully saturated rings. The maximum absolute atomic E-state index is 13.1. The lowest BCUT2D eigenvalue weighted by Crippen LogP contribution is -2.31. The van der Waals surface area contributed by atoms with E-state index >= 15 is 0 Å². The number of hydrogen-bond acceptors (Lipinski definition) is 4. The van der Waals surface area contributed by atoms with Crippen molar-refractivity contribution in [2.75, 3.05) is 13.1 Å². The Morgan fingerprint density at radius 2 is 1.67 bits per heavy atom. The lowest BCUT2D eigenvalue weighted by atomic mass is 10.0. The van der Waals surface area contributed by atoms with Gasteiger partial charge in [-0.3, -0.25) is 9.78 Å². The number of sulfonamides is 1. The molecule has 154 valence electrons. The Hall–Kier alpha value is -3.03. The summed E-state index contributed by atoms with van der Waals surface area (Å²) in [6, 6.07) is 20.9. The van der Waals surface area contributed by atoms with Crippen molar-refractivity contribution in [1.29, 1.82) is 0 Å². The first kappa shape index (κ1) is 20.3. The van der Waals surface area contributed by atoms with Gasteiger partial charge >= 0.3 is 0 Å². The van der Waals surface area contributed by atoms with E-state index in [-0.39, 0.29) is 10.8 Å². The van der Waals surface area contributed by atoms with Crippen molar-refractivity contribution in [2.45, 2.75) is 23.8 Å². The van der Waals surface area contributed by atoms with Crippen molar-refractivity contribution in [1.82, 2.24) is 14.6 Å². The van der Waals surface area contributed by atoms with Crippen molar-refractivity contribution in [3.63, 3.8) is 0 Å². The average Bonchev–Trinajstić information content (AvgIpc) is 3.34. The predicted molar refractivity (Wildman–Crippen MR) is 114 cm³/mol. The molecule has 0 saturated carbocycles. The second-order valence-electron chi connectivity index (χ2n) is 7.21. The predicted octanol–water partition coefficient (Wildman–Crippen LogP) is 3.39. The van der Waals surface area contributed by atoms with Crippen LogP contribution in [0.1, 0.15) is 40.5 Å². The Kier molecular flexibility index (Phi) is 5.92. The summed E-state index contributed by atoms with van der Waals surface area (Å²) in [5, 5.41) is 3.00. The van der Waals surface area contributed by atoms with E-state index in [1.54, 1.807) is 18.3 Å². The van der Waals surface area contributed by atoms with Gasteiger partial charge in [0.1, 0.15) is 0 Å². The zero-order chi connectivity index (χ0) is 21.0. The minimum absolute atomic E-state index is 0.145. The summed E-state index contributed by atoms with van der Waals surface area (Å²) in [6.45, 7) is 1.04. The number of hydrogen-bond donors (Lipinski definition) is 1. The quantitative estimate of drug-likeness (QED) is 0.662. The van der Waals surface area contributed by atoms with Crippen molar-refractivity contribution in [3.05, 3.63) is 95.8 Å². The first-order valence-electron chi connectivity index (χ1n) is 9.93. The van der Waals surface area contributed by atoms with Gasteiger partial charge in [-0.05, 0) is 48.7 Å². The van der Waals surface area contributed by atoms with Crippen molar-refractivity contribution in [3.8, 4) is 0 Å². The van der Waals surface area contributed by atoms with Crippen LogP contribution in [-0.2, 0) is 10.0 Å². The zero-order valence-corrected chi connectivity index (χ0v) is 17.3. The Morgan fingerprint density at radius 1 is 0.933 bits per heavy atom. The highest BCUT2D eigenvalue weighted by atomic mass is 32.2. The van der Waals surface area contributed by atoms with Gasteiger partial charge in [0.15, 0.2) is 0 Å². The van der Waals surface area contributed by atoms with Crippen LogP contribution in [0.25, 0.3) is 0 Å². The third-order valence-electron chi connectivity index (χ3n) is 5.19. The molecule has 1 unspecified atom stereocenters. The van der Waals surface area contributed by atoms with E-state index in [0.29, 0.717) is 24.3 Å². The van der Waals surface area contributed by atoms with Crippen molar-refractivity contribution < 1.29 is 13.2 Å². The first-order valence-corrected chi connectivity index (χ1v) is 11.4. The second kappa shape index (κ2) is 8.77. The number of carbonyl (C=O) groups is 1. The molecular weight excluding hydrogens is 398 g/mol. The molecule has 1 saturated heterocycles. The lowest BCUT2D eigenvalue weighted by Gasteiger charge is -2.19. The Morgan fingerprint density at radius 3 is 2.37 bits per heavy atom. The Balaban J connectivity index is 1.62. The highest BCUT2D eigenvalue weighted by molar-refractivity contribution is 7.89. The minimum Gasteiger partial charge on any atom is -0.340 e. The lowest BCUT2D eigenvalue weighted by molar-refractivity contribution is 0.0942. The van der Waals surface area contributed by atoms with Gasteiger partial charge in [-0.2, -0.15) is 4.31 Å². The molecule has 2 heterocycles. The van der Waals surface area contributed by atoms with Gasteiger partial charge in [-0.25, -0.2) is 8.42 Å². The molecule has 1 aliphatic rings. The third-order valence-corrected chi connectivity index (χ3v) is 7.09. The smallest absolute Gasteiger partial charge is 0.252 e. The summed E-state index contributed by atoms with van der Waals surface area (Å²) < 4.78 is 27.2. The van der Waals surface area contributed by atoms with E-state index in [0.717, 1.165) is 18.4 Å². The van der Waals surface area contributed by atoms with Gasteiger partial charge in [0.2, 0.25) is 10.0 Å². The van der Waals surface area contributed by atoms with Crippen molar-refractivity contribution >= 4 is 15.9 Å². The largest absolute Gasteiger partial charge is 0.340 e. The molecule has 1 atom stereocenters. The molecule has 0 aliphatic carbocycles. The van der Waals surface area contributed by atoms with E-state index in [1.807, 2.05) is 48.5 Å². The molecule has 2 aromatic carbocycles. The summed E-state index contributed by atoms with van der Waals surface area (Å²) in [7, 11) is -3.59. The van der Waals surface area contributed by atoms with E-state index in [9.17, 15) is 13.2 Å². The number of rotatable bonds is 6. The molecule has 0 bridgehead atoms. The normalized spacial score (nSPS) is 15.6. The summed E-state index contributed by atoms with van der Waals surface area (Å²) in [4.78, 5) is 17.6. The molecular formula is C23H23N3O3S. The number of nitrogens with zero attached hydrogens (tertiary/aromatic N) is 2. The van der Waals surface area contributed by atoms with Crippen LogP contribution in [0.15, 0.2) is 83.9 Å². The van der Waals surface area contributed by atoms with Gasteiger partial charge in [0, 0.05) is 24.8 Å². The fourth-order valence-electron chi connectivity index (χ4n) is 3.61. The van der Waals surface area contributed by atoms with Crippen LogP contribution >= 0.6 is 0 Å². The van der Waals surface area contributed by atoms with Gasteiger partial charge in [-0.1, -0.05) is 42.5 Å². The molecule has 1 N–H and O–H groups in total. The average molecular weight is 422 g/mol. The number of aromatic nitrogens is 1. The highest BCUT2D eigenvalue weighted by Gasteiger charge is 2.28. The van der Waals surface area contributed by atoms with Crippen LogP contribution < -0.4 is 5.32 Å². The van der Waals surface area contributed by atoms with Crippen LogP contribution in [0.2, 0.25) is 0 Å². The van der Waals surface area contributed by atoms with Crippen LogP contribution in [0.3, 0.4) is 0 Å². The van der Waals surface area contributed by atoms with Gasteiger partial charge < -0.3 is 5.32 Å². The summed E-state index contributed by atoms with van der Waals surface area (Å²) in [5.41, 5.74) is 1.90. The van der Waals surface area contributed by atoms with E-state index in [1.165, 1.54) is 16.4 Å². The molecule has 3 aromatic rings. The fraction of sp³-hybridized carbons (Fsp3) is 0.217. The number of benzene rings is 2. The maximum Gasteiger partial charge on any atom is 0.252 e. The third kappa shape index (κ3) is 4.27. The van der Waals surface area contributed by atoms with E-state index < -0.39 is 16.1 Å². The summed E-state index contributed by atoms with van der Waals surface area (Å²) >= 11 is 0. The standard InChI is InChI=1S/C23H23N3O3S/c27-23(19-11-8-12-20(17-19)30(28,29)26-15-6-7-16-26)25-22(18-9-2-1-3-10-18)21-13-4-5-14-24-21/h1-5,8-14,17,22H,6-7,15-16H2,(H,25,27). The first-order chi connectivity index (χ1) is 14.6. The van der Waals surface area contributed by atoms with Crippen molar-refractivity contribution in [2.24, 2.45) is 0 Å². The molecule has 0 radical (unpaired) electrons. The Bertz CT molecular complexity index is 1070.